The quantitative estimate of drug-likeness (QED) is 0.855. The van der Waals surface area contributed by atoms with E-state index >= 15 is 0 Å². The normalized spacial score (nSPS) is 23.8. The first kappa shape index (κ1) is 13.9. The molecule has 0 spiro atoms. The van der Waals surface area contributed by atoms with Gasteiger partial charge in [-0.05, 0) is 44.6 Å². The number of amides is 1. The van der Waals surface area contributed by atoms with Gasteiger partial charge in [0.05, 0.1) is 5.39 Å². The SMILES string of the molecule is CC1(C)CCN1C(=O)[C@@H]1CCCN1c1ncnc2sccc12. The molecule has 0 aliphatic carbocycles. The molecule has 1 amide bonds. The van der Waals surface area contributed by atoms with Gasteiger partial charge in [-0.3, -0.25) is 4.79 Å². The largest absolute Gasteiger partial charge is 0.344 e. The number of anilines is 1. The van der Waals surface area contributed by atoms with Crippen molar-refractivity contribution in [3.05, 3.63) is 17.8 Å². The zero-order valence-electron chi connectivity index (χ0n) is 13.0. The molecule has 2 aromatic heterocycles. The first-order chi connectivity index (χ1) is 10.6. The fraction of sp³-hybridized carbons (Fsp3) is 0.562. The molecule has 2 aliphatic heterocycles. The molecule has 1 atom stereocenters. The average molecular weight is 316 g/mol. The number of fused-ring (bicyclic) bond motifs is 1. The molecule has 2 aromatic rings. The molecule has 6 heteroatoms. The Morgan fingerprint density at radius 2 is 2.23 bits per heavy atom. The standard InChI is InChI=1S/C16H20N4OS/c1-16(2)6-8-20(16)15(21)12-4-3-7-19(12)13-11-5-9-22-14(11)18-10-17-13/h5,9-10,12H,3-4,6-8H2,1-2H3/t12-/m0/s1. The average Bonchev–Trinajstić information content (AvgIpc) is 3.14. The van der Waals surface area contributed by atoms with Crippen LogP contribution in [0.5, 0.6) is 0 Å². The lowest BCUT2D eigenvalue weighted by atomic mass is 9.88. The van der Waals surface area contributed by atoms with E-state index in [4.69, 9.17) is 0 Å². The molecule has 2 saturated heterocycles. The predicted octanol–water partition coefficient (Wildman–Crippen LogP) is 2.67. The van der Waals surface area contributed by atoms with Crippen molar-refractivity contribution in [1.29, 1.82) is 0 Å². The molecule has 0 unspecified atom stereocenters. The minimum Gasteiger partial charge on any atom is -0.344 e. The van der Waals surface area contributed by atoms with Crippen LogP contribution in [0.15, 0.2) is 17.8 Å². The Labute approximate surface area is 134 Å². The fourth-order valence-electron chi connectivity index (χ4n) is 3.54. The van der Waals surface area contributed by atoms with Crippen LogP contribution in [0.25, 0.3) is 10.2 Å². The van der Waals surface area contributed by atoms with Crippen molar-refractivity contribution < 1.29 is 4.79 Å². The summed E-state index contributed by atoms with van der Waals surface area (Å²) in [5, 5.41) is 3.10. The monoisotopic (exact) mass is 316 g/mol. The Hall–Kier alpha value is -1.69. The molecule has 116 valence electrons. The molecule has 4 heterocycles. The second kappa shape index (κ2) is 4.91. The van der Waals surface area contributed by atoms with Crippen molar-refractivity contribution in [2.24, 2.45) is 0 Å². The molecule has 0 aromatic carbocycles. The third-order valence-corrected chi connectivity index (χ3v) is 5.82. The van der Waals surface area contributed by atoms with Crippen LogP contribution in [0.1, 0.15) is 33.1 Å². The van der Waals surface area contributed by atoms with Gasteiger partial charge in [0.15, 0.2) is 0 Å². The van der Waals surface area contributed by atoms with E-state index in [2.05, 4.69) is 34.8 Å². The number of nitrogens with zero attached hydrogens (tertiary/aromatic N) is 4. The molecule has 2 aliphatic rings. The smallest absolute Gasteiger partial charge is 0.245 e. The summed E-state index contributed by atoms with van der Waals surface area (Å²) in [6.07, 6.45) is 4.66. The van der Waals surface area contributed by atoms with E-state index in [0.29, 0.717) is 0 Å². The van der Waals surface area contributed by atoms with Gasteiger partial charge in [-0.2, -0.15) is 0 Å². The van der Waals surface area contributed by atoms with E-state index < -0.39 is 0 Å². The number of carbonyl (C=O) groups is 1. The third-order valence-electron chi connectivity index (χ3n) is 4.99. The van der Waals surface area contributed by atoms with Crippen LogP contribution in [-0.4, -0.2) is 45.4 Å². The van der Waals surface area contributed by atoms with Crippen LogP contribution in [0.4, 0.5) is 5.82 Å². The summed E-state index contributed by atoms with van der Waals surface area (Å²) in [7, 11) is 0. The number of carbonyl (C=O) groups excluding carboxylic acids is 1. The zero-order chi connectivity index (χ0) is 15.3. The van der Waals surface area contributed by atoms with Gasteiger partial charge in [-0.15, -0.1) is 11.3 Å². The summed E-state index contributed by atoms with van der Waals surface area (Å²) in [4.78, 5) is 27.0. The Morgan fingerprint density at radius 3 is 2.95 bits per heavy atom. The topological polar surface area (TPSA) is 49.3 Å². The predicted molar refractivity (Wildman–Crippen MR) is 88.2 cm³/mol. The summed E-state index contributed by atoms with van der Waals surface area (Å²) in [5.74, 6) is 1.18. The molecule has 5 nitrogen and oxygen atoms in total. The van der Waals surface area contributed by atoms with Crippen LogP contribution in [0.3, 0.4) is 0 Å². The van der Waals surface area contributed by atoms with Crippen LogP contribution in [-0.2, 0) is 4.79 Å². The van der Waals surface area contributed by atoms with Gasteiger partial charge in [-0.1, -0.05) is 0 Å². The second-order valence-electron chi connectivity index (χ2n) is 6.74. The van der Waals surface area contributed by atoms with E-state index in [9.17, 15) is 4.79 Å². The van der Waals surface area contributed by atoms with Crippen molar-refractivity contribution in [2.75, 3.05) is 18.0 Å². The first-order valence-corrected chi connectivity index (χ1v) is 8.72. The highest BCUT2D eigenvalue weighted by Crippen LogP contribution is 2.36. The van der Waals surface area contributed by atoms with Gasteiger partial charge in [0, 0.05) is 18.6 Å². The summed E-state index contributed by atoms with van der Waals surface area (Å²) in [5.41, 5.74) is 0.00865. The molecule has 4 rings (SSSR count). The summed E-state index contributed by atoms with van der Waals surface area (Å²) in [6.45, 7) is 6.07. The van der Waals surface area contributed by atoms with Gasteiger partial charge in [-0.25, -0.2) is 9.97 Å². The highest BCUT2D eigenvalue weighted by Gasteiger charge is 2.44. The maximum atomic E-state index is 12.9. The Morgan fingerprint density at radius 1 is 1.36 bits per heavy atom. The van der Waals surface area contributed by atoms with Crippen LogP contribution < -0.4 is 4.90 Å². The van der Waals surface area contributed by atoms with Gasteiger partial charge >= 0.3 is 0 Å². The number of hydrogen-bond donors (Lipinski definition) is 0. The number of thiophene rings is 1. The van der Waals surface area contributed by atoms with E-state index in [1.54, 1.807) is 17.7 Å². The lowest BCUT2D eigenvalue weighted by molar-refractivity contribution is -0.145. The third kappa shape index (κ3) is 2.00. The van der Waals surface area contributed by atoms with Crippen molar-refractivity contribution >= 4 is 33.3 Å². The number of hydrogen-bond acceptors (Lipinski definition) is 5. The zero-order valence-corrected chi connectivity index (χ0v) is 13.8. The fourth-order valence-corrected chi connectivity index (χ4v) is 4.27. The first-order valence-electron chi connectivity index (χ1n) is 7.84. The maximum Gasteiger partial charge on any atom is 0.245 e. The molecule has 0 bridgehead atoms. The second-order valence-corrected chi connectivity index (χ2v) is 7.64. The molecule has 0 radical (unpaired) electrons. The molecule has 2 fully saturated rings. The molecule has 22 heavy (non-hydrogen) atoms. The lowest BCUT2D eigenvalue weighted by Gasteiger charge is -2.50. The Bertz CT molecular complexity index is 726. The van der Waals surface area contributed by atoms with Crippen molar-refractivity contribution in [3.8, 4) is 0 Å². The summed E-state index contributed by atoms with van der Waals surface area (Å²) >= 11 is 1.62. The number of likely N-dealkylation sites (tertiary alicyclic amines) is 1. The lowest BCUT2D eigenvalue weighted by Crippen LogP contribution is -2.62. The van der Waals surface area contributed by atoms with Gasteiger partial charge in [0.2, 0.25) is 5.91 Å². The highest BCUT2D eigenvalue weighted by molar-refractivity contribution is 7.16. The maximum absolute atomic E-state index is 12.9. The molecule has 0 saturated carbocycles. The summed E-state index contributed by atoms with van der Waals surface area (Å²) < 4.78 is 0. The summed E-state index contributed by atoms with van der Waals surface area (Å²) in [6, 6.07) is 1.99. The number of aromatic nitrogens is 2. The molecular formula is C16H20N4OS. The number of rotatable bonds is 2. The highest BCUT2D eigenvalue weighted by atomic mass is 32.1. The molecule has 0 N–H and O–H groups in total. The van der Waals surface area contributed by atoms with Crippen LogP contribution in [0.2, 0.25) is 0 Å². The van der Waals surface area contributed by atoms with E-state index in [-0.39, 0.29) is 17.5 Å². The van der Waals surface area contributed by atoms with Gasteiger partial charge in [0.25, 0.3) is 0 Å². The van der Waals surface area contributed by atoms with Crippen molar-refractivity contribution in [3.63, 3.8) is 0 Å². The molecular weight excluding hydrogens is 296 g/mol. The van der Waals surface area contributed by atoms with Crippen molar-refractivity contribution in [2.45, 2.75) is 44.7 Å². The minimum atomic E-state index is -0.0717. The van der Waals surface area contributed by atoms with Gasteiger partial charge in [0.1, 0.15) is 23.0 Å². The van der Waals surface area contributed by atoms with E-state index in [1.807, 2.05) is 10.3 Å². The van der Waals surface area contributed by atoms with Crippen LogP contribution >= 0.6 is 11.3 Å². The van der Waals surface area contributed by atoms with Crippen molar-refractivity contribution in [1.82, 2.24) is 14.9 Å². The van der Waals surface area contributed by atoms with Crippen LogP contribution in [0, 0.1) is 0 Å². The van der Waals surface area contributed by atoms with E-state index in [1.165, 1.54) is 0 Å². The van der Waals surface area contributed by atoms with E-state index in [0.717, 1.165) is 48.4 Å². The Balaban J connectivity index is 1.67. The Kier molecular flexibility index (Phi) is 3.11. The van der Waals surface area contributed by atoms with Gasteiger partial charge < -0.3 is 9.80 Å². The minimum absolute atomic E-state index is 0.00865.